The molecule has 0 bridgehead atoms. The van der Waals surface area contributed by atoms with E-state index in [4.69, 9.17) is 9.84 Å². The quantitative estimate of drug-likeness (QED) is 0.321. The maximum Gasteiger partial charge on any atom is 0.418 e. The standard InChI is InChI=1S/C31H32F4N4O7/c1-16(2)24(37-28(43)44)26(41)36-21-9-10-22-19(13-21)11-12-30(22)27(42)39(29(45)46-30)15-23(40)38(14-17-3-7-20(32)8-4-17)25(18-5-6-18)31(33,34)35/h3-4,7-10,13,16,18,24-25,37H,5-6,11-12,14-15H2,1-2H3,(H,36,41)(H,43,44)/t24-,25+,30?/m0/s1. The van der Waals surface area contributed by atoms with E-state index in [9.17, 15) is 41.5 Å². The number of nitrogens with one attached hydrogen (secondary N) is 2. The fourth-order valence-electron chi connectivity index (χ4n) is 6.08. The summed E-state index contributed by atoms with van der Waals surface area (Å²) in [6.07, 6.45) is -6.61. The van der Waals surface area contributed by atoms with Crippen molar-refractivity contribution in [2.45, 2.75) is 69.9 Å². The summed E-state index contributed by atoms with van der Waals surface area (Å²) < 4.78 is 61.7. The first kappa shape index (κ1) is 32.7. The molecule has 3 atom stereocenters. The molecule has 1 saturated carbocycles. The number of rotatable bonds is 10. The highest BCUT2D eigenvalue weighted by atomic mass is 19.4. The van der Waals surface area contributed by atoms with Crippen molar-refractivity contribution in [3.8, 4) is 0 Å². The van der Waals surface area contributed by atoms with Crippen molar-refractivity contribution in [1.29, 1.82) is 0 Å². The largest absolute Gasteiger partial charge is 0.465 e. The van der Waals surface area contributed by atoms with Gasteiger partial charge in [-0.2, -0.15) is 13.2 Å². The van der Waals surface area contributed by atoms with Gasteiger partial charge in [-0.25, -0.2) is 18.9 Å². The Morgan fingerprint density at radius 1 is 1.11 bits per heavy atom. The number of aryl methyl sites for hydroxylation is 1. The predicted octanol–water partition coefficient (Wildman–Crippen LogP) is 4.55. The van der Waals surface area contributed by atoms with E-state index in [1.807, 2.05) is 0 Å². The second kappa shape index (κ2) is 12.2. The Morgan fingerprint density at radius 2 is 1.78 bits per heavy atom. The summed E-state index contributed by atoms with van der Waals surface area (Å²) in [6.45, 7) is 1.83. The molecule has 2 aromatic carbocycles. The topological polar surface area (TPSA) is 145 Å². The van der Waals surface area contributed by atoms with Crippen LogP contribution in [0.15, 0.2) is 42.5 Å². The van der Waals surface area contributed by atoms with E-state index in [1.165, 1.54) is 24.3 Å². The van der Waals surface area contributed by atoms with Gasteiger partial charge in [-0.05, 0) is 66.5 Å². The van der Waals surface area contributed by atoms with Crippen LogP contribution in [0.3, 0.4) is 0 Å². The maximum atomic E-state index is 14.2. The second-order valence-electron chi connectivity index (χ2n) is 12.1. The number of hydrogen-bond acceptors (Lipinski definition) is 6. The molecular formula is C31H32F4N4O7. The lowest BCUT2D eigenvalue weighted by atomic mass is 9.94. The van der Waals surface area contributed by atoms with Crippen LogP contribution in [0.5, 0.6) is 0 Å². The average Bonchev–Trinajstić information content (AvgIpc) is 3.69. The Balaban J connectivity index is 1.35. The van der Waals surface area contributed by atoms with E-state index in [2.05, 4.69) is 10.6 Å². The molecule has 1 unspecified atom stereocenters. The van der Waals surface area contributed by atoms with Gasteiger partial charge in [0, 0.05) is 24.2 Å². The van der Waals surface area contributed by atoms with Crippen molar-refractivity contribution in [3.63, 3.8) is 0 Å². The van der Waals surface area contributed by atoms with E-state index < -0.39 is 78.6 Å². The Bertz CT molecular complexity index is 1560. The minimum Gasteiger partial charge on any atom is -0.465 e. The zero-order valence-electron chi connectivity index (χ0n) is 24.9. The Hall–Kier alpha value is -4.69. The molecule has 5 rings (SSSR count). The van der Waals surface area contributed by atoms with Crippen molar-refractivity contribution in [3.05, 3.63) is 65.0 Å². The molecule has 1 heterocycles. The van der Waals surface area contributed by atoms with Crippen LogP contribution >= 0.6 is 0 Å². The van der Waals surface area contributed by atoms with Gasteiger partial charge in [-0.3, -0.25) is 14.4 Å². The first-order valence-corrected chi connectivity index (χ1v) is 14.7. The van der Waals surface area contributed by atoms with E-state index in [0.717, 1.165) is 12.1 Å². The van der Waals surface area contributed by atoms with Crippen LogP contribution in [-0.2, 0) is 37.7 Å². The molecule has 1 aliphatic heterocycles. The number of alkyl halides is 3. The second-order valence-corrected chi connectivity index (χ2v) is 12.1. The Labute approximate surface area is 260 Å². The molecule has 15 heteroatoms. The van der Waals surface area contributed by atoms with Crippen molar-refractivity contribution >= 4 is 35.6 Å². The number of carbonyl (C=O) groups is 5. The summed E-state index contributed by atoms with van der Waals surface area (Å²) in [5.74, 6) is -4.43. The number of hydrogen-bond donors (Lipinski definition) is 3. The molecular weight excluding hydrogens is 616 g/mol. The third-order valence-electron chi connectivity index (χ3n) is 8.47. The van der Waals surface area contributed by atoms with Gasteiger partial charge < -0.3 is 25.4 Å². The molecule has 1 saturated heterocycles. The lowest BCUT2D eigenvalue weighted by molar-refractivity contribution is -0.196. The Morgan fingerprint density at radius 3 is 2.37 bits per heavy atom. The minimum absolute atomic E-state index is 0.00324. The fraction of sp³-hybridized carbons (Fsp3) is 0.452. The molecule has 5 amide bonds. The normalized spacial score (nSPS) is 20.4. The third kappa shape index (κ3) is 6.49. The van der Waals surface area contributed by atoms with Crippen LogP contribution in [0, 0.1) is 17.7 Å². The van der Waals surface area contributed by atoms with Crippen LogP contribution in [0.2, 0.25) is 0 Å². The molecule has 3 aliphatic rings. The van der Waals surface area contributed by atoms with Crippen molar-refractivity contribution in [1.82, 2.24) is 15.1 Å². The highest BCUT2D eigenvalue weighted by Crippen LogP contribution is 2.47. The summed E-state index contributed by atoms with van der Waals surface area (Å²) in [5, 5.41) is 13.8. The number of benzene rings is 2. The van der Waals surface area contributed by atoms with Crippen LogP contribution in [0.1, 0.15) is 49.8 Å². The van der Waals surface area contributed by atoms with Gasteiger partial charge in [0.25, 0.3) is 5.91 Å². The van der Waals surface area contributed by atoms with Gasteiger partial charge in [0.05, 0.1) is 0 Å². The number of halogens is 4. The number of fused-ring (bicyclic) bond motifs is 2. The molecule has 3 N–H and O–H groups in total. The molecule has 2 fully saturated rings. The zero-order chi connectivity index (χ0) is 33.6. The van der Waals surface area contributed by atoms with Gasteiger partial charge in [-0.1, -0.05) is 32.0 Å². The average molecular weight is 649 g/mol. The number of carbonyl (C=O) groups excluding carboxylic acids is 4. The first-order valence-electron chi connectivity index (χ1n) is 14.7. The van der Waals surface area contributed by atoms with Crippen molar-refractivity contribution in [2.24, 2.45) is 11.8 Å². The third-order valence-corrected chi connectivity index (χ3v) is 8.47. The lowest BCUT2D eigenvalue weighted by Crippen LogP contribution is -2.53. The number of imide groups is 1. The number of anilines is 1. The molecule has 246 valence electrons. The number of nitrogens with zero attached hydrogens (tertiary/aromatic N) is 2. The predicted molar refractivity (Wildman–Crippen MR) is 153 cm³/mol. The van der Waals surface area contributed by atoms with E-state index in [-0.39, 0.29) is 37.2 Å². The van der Waals surface area contributed by atoms with Crippen molar-refractivity contribution < 1.29 is 51.4 Å². The van der Waals surface area contributed by atoms with E-state index in [1.54, 1.807) is 19.9 Å². The highest BCUT2D eigenvalue weighted by Gasteiger charge is 2.59. The summed E-state index contributed by atoms with van der Waals surface area (Å²) in [6, 6.07) is 5.93. The Kier molecular flexibility index (Phi) is 8.71. The summed E-state index contributed by atoms with van der Waals surface area (Å²) in [5.41, 5.74) is -0.414. The number of ether oxygens (including phenoxy) is 1. The highest BCUT2D eigenvalue weighted by molar-refractivity contribution is 6.06. The number of amides is 5. The van der Waals surface area contributed by atoms with Gasteiger partial charge in [0.1, 0.15) is 24.4 Å². The fourth-order valence-corrected chi connectivity index (χ4v) is 6.08. The van der Waals surface area contributed by atoms with Crippen LogP contribution in [0.25, 0.3) is 0 Å². The van der Waals surface area contributed by atoms with Crippen LogP contribution < -0.4 is 10.6 Å². The van der Waals surface area contributed by atoms with E-state index in [0.29, 0.717) is 26.6 Å². The summed E-state index contributed by atoms with van der Waals surface area (Å²) in [7, 11) is 0. The SMILES string of the molecule is CC(C)[C@H](NC(=O)O)C(=O)Nc1ccc2c(c1)CCC21OC(=O)N(CC(=O)N(Cc2ccc(F)cc2)[C@H](C2CC2)C(F)(F)F)C1=O. The maximum absolute atomic E-state index is 14.2. The summed E-state index contributed by atoms with van der Waals surface area (Å²) >= 11 is 0. The minimum atomic E-state index is -4.79. The van der Waals surface area contributed by atoms with Gasteiger partial charge in [-0.15, -0.1) is 0 Å². The number of carboxylic acid groups (broad SMARTS) is 1. The first-order chi connectivity index (χ1) is 21.6. The van der Waals surface area contributed by atoms with E-state index >= 15 is 0 Å². The van der Waals surface area contributed by atoms with Gasteiger partial charge in [0.15, 0.2) is 0 Å². The summed E-state index contributed by atoms with van der Waals surface area (Å²) in [4.78, 5) is 65.2. The zero-order valence-corrected chi connectivity index (χ0v) is 24.9. The molecule has 2 aromatic rings. The van der Waals surface area contributed by atoms with Gasteiger partial charge in [0.2, 0.25) is 17.4 Å². The van der Waals surface area contributed by atoms with Crippen molar-refractivity contribution in [2.75, 3.05) is 11.9 Å². The lowest BCUT2D eigenvalue weighted by Gasteiger charge is -2.34. The van der Waals surface area contributed by atoms with Gasteiger partial charge >= 0.3 is 18.4 Å². The molecule has 0 aromatic heterocycles. The van der Waals surface area contributed by atoms with Crippen LogP contribution in [-0.4, -0.2) is 69.6 Å². The molecule has 1 spiro atoms. The molecule has 2 aliphatic carbocycles. The smallest absolute Gasteiger partial charge is 0.418 e. The molecule has 0 radical (unpaired) electrons. The van der Waals surface area contributed by atoms with Crippen LogP contribution in [0.4, 0.5) is 32.8 Å². The molecule has 46 heavy (non-hydrogen) atoms. The monoisotopic (exact) mass is 648 g/mol. The molecule has 11 nitrogen and oxygen atoms in total.